The maximum absolute atomic E-state index is 12.6. The van der Waals surface area contributed by atoms with Crippen LogP contribution >= 0.6 is 0 Å². The molecule has 6 heteroatoms. The number of hydrogen-bond acceptors (Lipinski definition) is 4. The van der Waals surface area contributed by atoms with E-state index in [9.17, 15) is 8.42 Å². The number of nitrogens with one attached hydrogen (secondary N) is 1. The molecular formula is C15H22N2O3S. The zero-order chi connectivity index (χ0) is 15.3. The lowest BCUT2D eigenvalue weighted by atomic mass is 10.3. The Morgan fingerprint density at radius 1 is 1.38 bits per heavy atom. The number of benzene rings is 1. The van der Waals surface area contributed by atoms with E-state index in [0.29, 0.717) is 18.8 Å². The number of hydrogen-bond donors (Lipinski definition) is 1. The molecule has 1 aliphatic heterocycles. The summed E-state index contributed by atoms with van der Waals surface area (Å²) in [5, 5.41) is 3.21. The SMILES string of the molecule is C=CCCNc1ccc(S(=O)(=O)N2CCCC2)c(OC)c1. The van der Waals surface area contributed by atoms with Crippen LogP contribution in [-0.4, -0.2) is 39.5 Å². The molecule has 116 valence electrons. The van der Waals surface area contributed by atoms with E-state index < -0.39 is 10.0 Å². The van der Waals surface area contributed by atoms with E-state index in [-0.39, 0.29) is 4.90 Å². The van der Waals surface area contributed by atoms with Gasteiger partial charge >= 0.3 is 0 Å². The van der Waals surface area contributed by atoms with E-state index in [4.69, 9.17) is 4.74 Å². The van der Waals surface area contributed by atoms with Crippen molar-refractivity contribution in [2.45, 2.75) is 24.2 Å². The molecule has 0 bridgehead atoms. The van der Waals surface area contributed by atoms with Gasteiger partial charge in [-0.3, -0.25) is 0 Å². The van der Waals surface area contributed by atoms with Gasteiger partial charge in [0.25, 0.3) is 0 Å². The summed E-state index contributed by atoms with van der Waals surface area (Å²) in [5.41, 5.74) is 0.842. The Bertz CT molecular complexity index is 593. The lowest BCUT2D eigenvalue weighted by molar-refractivity contribution is 0.398. The van der Waals surface area contributed by atoms with Crippen molar-refractivity contribution >= 4 is 15.7 Å². The molecule has 0 unspecified atom stereocenters. The second-order valence-electron chi connectivity index (χ2n) is 4.98. The van der Waals surface area contributed by atoms with Gasteiger partial charge in [-0.15, -0.1) is 6.58 Å². The minimum Gasteiger partial charge on any atom is -0.495 e. The predicted octanol–water partition coefficient (Wildman–Crippen LogP) is 2.47. The average molecular weight is 310 g/mol. The first kappa shape index (κ1) is 15.9. The molecule has 2 rings (SSSR count). The monoisotopic (exact) mass is 310 g/mol. The molecule has 0 atom stereocenters. The summed E-state index contributed by atoms with van der Waals surface area (Å²) in [7, 11) is -1.97. The molecule has 1 N–H and O–H groups in total. The largest absolute Gasteiger partial charge is 0.495 e. The third-order valence-corrected chi connectivity index (χ3v) is 5.46. The van der Waals surface area contributed by atoms with Crippen LogP contribution < -0.4 is 10.1 Å². The van der Waals surface area contributed by atoms with Crippen LogP contribution in [0.3, 0.4) is 0 Å². The first-order chi connectivity index (χ1) is 10.1. The molecule has 5 nitrogen and oxygen atoms in total. The average Bonchev–Trinajstić information content (AvgIpc) is 3.02. The molecule has 1 aromatic carbocycles. The zero-order valence-corrected chi connectivity index (χ0v) is 13.2. The molecule has 21 heavy (non-hydrogen) atoms. The minimum absolute atomic E-state index is 0.237. The Kier molecular flexibility index (Phi) is 5.25. The fourth-order valence-electron chi connectivity index (χ4n) is 2.38. The van der Waals surface area contributed by atoms with Gasteiger partial charge in [0.2, 0.25) is 10.0 Å². The fraction of sp³-hybridized carbons (Fsp3) is 0.467. The molecule has 0 amide bonds. The molecule has 0 aliphatic carbocycles. The maximum Gasteiger partial charge on any atom is 0.246 e. The summed E-state index contributed by atoms with van der Waals surface area (Å²) in [6, 6.07) is 5.11. The highest BCUT2D eigenvalue weighted by Crippen LogP contribution is 2.31. The van der Waals surface area contributed by atoms with Gasteiger partial charge in [-0.2, -0.15) is 4.31 Å². The van der Waals surface area contributed by atoms with Gasteiger partial charge in [0.15, 0.2) is 0 Å². The van der Waals surface area contributed by atoms with Crippen molar-refractivity contribution in [1.29, 1.82) is 0 Å². The second kappa shape index (κ2) is 6.95. The van der Waals surface area contributed by atoms with Crippen LogP contribution in [0.15, 0.2) is 35.7 Å². The first-order valence-electron chi connectivity index (χ1n) is 7.12. The zero-order valence-electron chi connectivity index (χ0n) is 12.3. The number of methoxy groups -OCH3 is 1. The maximum atomic E-state index is 12.6. The van der Waals surface area contributed by atoms with E-state index in [2.05, 4.69) is 11.9 Å². The highest BCUT2D eigenvalue weighted by atomic mass is 32.2. The summed E-state index contributed by atoms with van der Waals surface area (Å²) in [4.78, 5) is 0.237. The van der Waals surface area contributed by atoms with E-state index >= 15 is 0 Å². The van der Waals surface area contributed by atoms with Gasteiger partial charge in [-0.05, 0) is 31.4 Å². The van der Waals surface area contributed by atoms with Gasteiger partial charge < -0.3 is 10.1 Å². The summed E-state index contributed by atoms with van der Waals surface area (Å²) in [6.07, 6.45) is 4.51. The predicted molar refractivity (Wildman–Crippen MR) is 84.3 cm³/mol. The number of anilines is 1. The fourth-order valence-corrected chi connectivity index (χ4v) is 4.03. The third-order valence-electron chi connectivity index (χ3n) is 3.52. The Morgan fingerprint density at radius 3 is 2.71 bits per heavy atom. The standard InChI is InChI=1S/C15H22N2O3S/c1-3-4-9-16-13-7-8-15(14(12-13)20-2)21(18,19)17-10-5-6-11-17/h3,7-8,12,16H,1,4-6,9-11H2,2H3. The van der Waals surface area contributed by atoms with Crippen molar-refractivity contribution in [3.8, 4) is 5.75 Å². The molecule has 1 aromatic rings. The molecule has 0 radical (unpaired) electrons. The van der Waals surface area contributed by atoms with Crippen molar-refractivity contribution in [2.24, 2.45) is 0 Å². The van der Waals surface area contributed by atoms with Crippen LogP contribution in [0.25, 0.3) is 0 Å². The third kappa shape index (κ3) is 3.57. The summed E-state index contributed by atoms with van der Waals surface area (Å²) in [6.45, 7) is 5.60. The van der Waals surface area contributed by atoms with Gasteiger partial charge in [0.1, 0.15) is 10.6 Å². The van der Waals surface area contributed by atoms with Gasteiger partial charge in [-0.1, -0.05) is 6.08 Å². The van der Waals surface area contributed by atoms with Gasteiger partial charge in [0.05, 0.1) is 7.11 Å². The Hall–Kier alpha value is -1.53. The molecule has 0 spiro atoms. The van der Waals surface area contributed by atoms with E-state index in [0.717, 1.165) is 31.5 Å². The minimum atomic E-state index is -3.46. The first-order valence-corrected chi connectivity index (χ1v) is 8.56. The Labute approximate surface area is 126 Å². The van der Waals surface area contributed by atoms with Gasteiger partial charge in [0, 0.05) is 31.4 Å². The Morgan fingerprint density at radius 2 is 2.10 bits per heavy atom. The van der Waals surface area contributed by atoms with Crippen molar-refractivity contribution < 1.29 is 13.2 Å². The summed E-state index contributed by atoms with van der Waals surface area (Å²) < 4.78 is 32.0. The quantitative estimate of drug-likeness (QED) is 0.621. The lowest BCUT2D eigenvalue weighted by Crippen LogP contribution is -2.28. The number of sulfonamides is 1. The topological polar surface area (TPSA) is 58.6 Å². The number of rotatable bonds is 7. The van der Waals surface area contributed by atoms with E-state index in [1.807, 2.05) is 6.08 Å². The van der Waals surface area contributed by atoms with E-state index in [1.165, 1.54) is 11.4 Å². The highest BCUT2D eigenvalue weighted by molar-refractivity contribution is 7.89. The summed E-state index contributed by atoms with van der Waals surface area (Å²) in [5.74, 6) is 0.380. The van der Waals surface area contributed by atoms with Crippen molar-refractivity contribution in [3.05, 3.63) is 30.9 Å². The van der Waals surface area contributed by atoms with Crippen molar-refractivity contribution in [1.82, 2.24) is 4.31 Å². The number of ether oxygens (including phenoxy) is 1. The molecule has 1 saturated heterocycles. The molecular weight excluding hydrogens is 288 g/mol. The molecule has 0 aromatic heterocycles. The van der Waals surface area contributed by atoms with Crippen LogP contribution in [-0.2, 0) is 10.0 Å². The number of nitrogens with zero attached hydrogens (tertiary/aromatic N) is 1. The molecule has 1 aliphatic rings. The second-order valence-corrected chi connectivity index (χ2v) is 6.89. The van der Waals surface area contributed by atoms with Crippen LogP contribution in [0.5, 0.6) is 5.75 Å². The molecule has 1 heterocycles. The normalized spacial score (nSPS) is 15.9. The Balaban J connectivity index is 2.25. The summed E-state index contributed by atoms with van der Waals surface area (Å²) >= 11 is 0. The van der Waals surface area contributed by atoms with Crippen LogP contribution in [0.4, 0.5) is 5.69 Å². The van der Waals surface area contributed by atoms with Crippen LogP contribution in [0, 0.1) is 0 Å². The van der Waals surface area contributed by atoms with Gasteiger partial charge in [-0.25, -0.2) is 8.42 Å². The van der Waals surface area contributed by atoms with Crippen molar-refractivity contribution in [2.75, 3.05) is 32.1 Å². The highest BCUT2D eigenvalue weighted by Gasteiger charge is 2.29. The molecule has 1 fully saturated rings. The van der Waals surface area contributed by atoms with Crippen LogP contribution in [0.1, 0.15) is 19.3 Å². The lowest BCUT2D eigenvalue weighted by Gasteiger charge is -2.18. The smallest absolute Gasteiger partial charge is 0.246 e. The molecule has 0 saturated carbocycles. The van der Waals surface area contributed by atoms with E-state index in [1.54, 1.807) is 18.2 Å². The van der Waals surface area contributed by atoms with Crippen LogP contribution in [0.2, 0.25) is 0 Å². The van der Waals surface area contributed by atoms with Crippen molar-refractivity contribution in [3.63, 3.8) is 0 Å².